The van der Waals surface area contributed by atoms with E-state index >= 15 is 0 Å². The van der Waals surface area contributed by atoms with Gasteiger partial charge in [-0.15, -0.1) is 0 Å². The normalized spacial score (nSPS) is 17.6. The molecule has 0 aliphatic carbocycles. The summed E-state index contributed by atoms with van der Waals surface area (Å²) in [4.78, 5) is 27.3. The lowest BCUT2D eigenvalue weighted by molar-refractivity contribution is -0.123. The number of anilines is 1. The first-order valence-corrected chi connectivity index (χ1v) is 11.2. The summed E-state index contributed by atoms with van der Waals surface area (Å²) in [7, 11) is -3.71. The van der Waals surface area contributed by atoms with Gasteiger partial charge in [0.15, 0.2) is 0 Å². The standard InChI is InChI=1S/C22H26N2O4S/c1-16(2)23(14-17-8-6-5-7-9-17)20(25)18-10-12-19(13-11-18)24-21(26)22(3,4)15-29(24,27)28/h5-13,16H,14-15H2,1-4H3. The van der Waals surface area contributed by atoms with Crippen LogP contribution in [-0.2, 0) is 21.4 Å². The van der Waals surface area contributed by atoms with Crippen molar-refractivity contribution in [2.24, 2.45) is 5.41 Å². The van der Waals surface area contributed by atoms with Crippen molar-refractivity contribution in [1.82, 2.24) is 4.90 Å². The van der Waals surface area contributed by atoms with Gasteiger partial charge in [0.25, 0.3) is 5.91 Å². The van der Waals surface area contributed by atoms with Crippen molar-refractivity contribution in [2.75, 3.05) is 10.1 Å². The third kappa shape index (κ3) is 4.19. The number of amides is 2. The molecule has 0 radical (unpaired) electrons. The van der Waals surface area contributed by atoms with E-state index in [2.05, 4.69) is 0 Å². The summed E-state index contributed by atoms with van der Waals surface area (Å²) in [6.07, 6.45) is 0. The fourth-order valence-corrected chi connectivity index (χ4v) is 5.54. The van der Waals surface area contributed by atoms with Crippen molar-refractivity contribution in [2.45, 2.75) is 40.3 Å². The molecule has 0 atom stereocenters. The van der Waals surface area contributed by atoms with Gasteiger partial charge >= 0.3 is 0 Å². The molecule has 1 heterocycles. The average molecular weight is 415 g/mol. The highest BCUT2D eigenvalue weighted by atomic mass is 32.2. The first-order chi connectivity index (χ1) is 13.5. The molecule has 1 aliphatic heterocycles. The van der Waals surface area contributed by atoms with Gasteiger partial charge in [-0.05, 0) is 57.5 Å². The highest BCUT2D eigenvalue weighted by molar-refractivity contribution is 7.94. The van der Waals surface area contributed by atoms with Gasteiger partial charge < -0.3 is 4.90 Å². The predicted molar refractivity (Wildman–Crippen MR) is 113 cm³/mol. The fourth-order valence-electron chi connectivity index (χ4n) is 3.44. The van der Waals surface area contributed by atoms with Gasteiger partial charge in [-0.3, -0.25) is 9.59 Å². The molecule has 1 saturated heterocycles. The largest absolute Gasteiger partial charge is 0.332 e. The third-order valence-corrected chi connectivity index (χ3v) is 7.03. The van der Waals surface area contributed by atoms with Crippen LogP contribution in [0.25, 0.3) is 0 Å². The molecule has 1 aliphatic rings. The molecule has 0 bridgehead atoms. The van der Waals surface area contributed by atoms with Crippen LogP contribution in [-0.4, -0.2) is 36.9 Å². The third-order valence-electron chi connectivity index (χ3n) is 5.01. The number of nitrogens with zero attached hydrogens (tertiary/aromatic N) is 2. The molecule has 0 aromatic heterocycles. The van der Waals surface area contributed by atoms with Crippen LogP contribution in [0.2, 0.25) is 0 Å². The van der Waals surface area contributed by atoms with E-state index in [1.54, 1.807) is 30.9 Å². The summed E-state index contributed by atoms with van der Waals surface area (Å²) in [5, 5.41) is 0. The molecule has 1 fully saturated rings. The van der Waals surface area contributed by atoms with Crippen molar-refractivity contribution in [1.29, 1.82) is 0 Å². The Morgan fingerprint density at radius 1 is 1.07 bits per heavy atom. The maximum absolute atomic E-state index is 13.0. The smallest absolute Gasteiger partial charge is 0.254 e. The number of hydrogen-bond donors (Lipinski definition) is 0. The highest BCUT2D eigenvalue weighted by Gasteiger charge is 2.49. The SMILES string of the molecule is CC(C)N(Cc1ccccc1)C(=O)c1ccc(N2C(=O)C(C)(C)CS2(=O)=O)cc1. The van der Waals surface area contributed by atoms with Crippen LogP contribution in [0.3, 0.4) is 0 Å². The Kier molecular flexibility index (Phi) is 5.54. The van der Waals surface area contributed by atoms with E-state index in [4.69, 9.17) is 0 Å². The molecule has 0 unspecified atom stereocenters. The number of benzene rings is 2. The summed E-state index contributed by atoms with van der Waals surface area (Å²) in [5.41, 5.74) is 0.775. The van der Waals surface area contributed by atoms with Crippen molar-refractivity contribution in [3.05, 3.63) is 65.7 Å². The van der Waals surface area contributed by atoms with E-state index in [0.717, 1.165) is 9.87 Å². The molecule has 3 rings (SSSR count). The van der Waals surface area contributed by atoms with E-state index in [1.165, 1.54) is 12.1 Å². The van der Waals surface area contributed by atoms with Crippen LogP contribution in [0.1, 0.15) is 43.6 Å². The molecular weight excluding hydrogens is 388 g/mol. The molecule has 154 valence electrons. The minimum absolute atomic E-state index is 0.0104. The first kappa shape index (κ1) is 21.0. The monoisotopic (exact) mass is 414 g/mol. The summed E-state index contributed by atoms with van der Waals surface area (Å²) >= 11 is 0. The zero-order valence-corrected chi connectivity index (χ0v) is 17.9. The van der Waals surface area contributed by atoms with Crippen LogP contribution < -0.4 is 4.31 Å². The maximum Gasteiger partial charge on any atom is 0.254 e. The van der Waals surface area contributed by atoms with Gasteiger partial charge in [-0.25, -0.2) is 12.7 Å². The van der Waals surface area contributed by atoms with E-state index in [9.17, 15) is 18.0 Å². The van der Waals surface area contributed by atoms with Gasteiger partial charge in [0.05, 0.1) is 16.9 Å². The maximum atomic E-state index is 13.0. The Balaban J connectivity index is 1.85. The van der Waals surface area contributed by atoms with Crippen molar-refractivity contribution >= 4 is 27.5 Å². The molecular formula is C22H26N2O4S. The predicted octanol–water partition coefficient (Wildman–Crippen LogP) is 3.44. The fraction of sp³-hybridized carbons (Fsp3) is 0.364. The zero-order valence-electron chi connectivity index (χ0n) is 17.1. The summed E-state index contributed by atoms with van der Waals surface area (Å²) in [6, 6.07) is 15.9. The number of carbonyl (C=O) groups excluding carboxylic acids is 2. The van der Waals surface area contributed by atoms with E-state index in [0.29, 0.717) is 12.1 Å². The molecule has 0 spiro atoms. The Morgan fingerprint density at radius 2 is 1.66 bits per heavy atom. The lowest BCUT2D eigenvalue weighted by Crippen LogP contribution is -2.36. The van der Waals surface area contributed by atoms with Crippen molar-refractivity contribution in [3.63, 3.8) is 0 Å². The Hall–Kier alpha value is -2.67. The van der Waals surface area contributed by atoms with Gasteiger partial charge in [0.1, 0.15) is 0 Å². The molecule has 2 aromatic rings. The van der Waals surface area contributed by atoms with Gasteiger partial charge in [0, 0.05) is 18.2 Å². The van der Waals surface area contributed by atoms with Gasteiger partial charge in [-0.2, -0.15) is 0 Å². The van der Waals surface area contributed by atoms with Gasteiger partial charge in [-0.1, -0.05) is 30.3 Å². The lowest BCUT2D eigenvalue weighted by Gasteiger charge is -2.27. The van der Waals surface area contributed by atoms with Crippen molar-refractivity contribution < 1.29 is 18.0 Å². The summed E-state index contributed by atoms with van der Waals surface area (Å²) < 4.78 is 25.7. The number of sulfonamides is 1. The van der Waals surface area contributed by atoms with E-state index in [1.807, 2.05) is 44.2 Å². The second-order valence-corrected chi connectivity index (χ2v) is 10.1. The number of carbonyl (C=O) groups is 2. The number of hydrogen-bond acceptors (Lipinski definition) is 4. The Bertz CT molecular complexity index is 1010. The minimum Gasteiger partial charge on any atom is -0.332 e. The van der Waals surface area contributed by atoms with Crippen molar-refractivity contribution in [3.8, 4) is 0 Å². The Morgan fingerprint density at radius 3 is 2.14 bits per heavy atom. The van der Waals surface area contributed by atoms with Crippen LogP contribution >= 0.6 is 0 Å². The average Bonchev–Trinajstić information content (AvgIpc) is 2.82. The van der Waals surface area contributed by atoms with Crippen LogP contribution in [0, 0.1) is 5.41 Å². The molecule has 0 N–H and O–H groups in total. The summed E-state index contributed by atoms with van der Waals surface area (Å²) in [5.74, 6) is -0.826. The van der Waals surface area contributed by atoms with Crippen LogP contribution in [0.4, 0.5) is 5.69 Å². The van der Waals surface area contributed by atoms with E-state index in [-0.39, 0.29) is 23.4 Å². The second kappa shape index (κ2) is 7.63. The number of rotatable bonds is 5. The second-order valence-electron chi connectivity index (χ2n) is 8.27. The topological polar surface area (TPSA) is 74.8 Å². The van der Waals surface area contributed by atoms with E-state index < -0.39 is 21.3 Å². The molecule has 0 saturated carbocycles. The highest BCUT2D eigenvalue weighted by Crippen LogP contribution is 2.35. The summed E-state index contributed by atoms with van der Waals surface area (Å²) in [6.45, 7) is 7.62. The molecule has 2 aromatic carbocycles. The minimum atomic E-state index is -3.71. The first-order valence-electron chi connectivity index (χ1n) is 9.55. The van der Waals surface area contributed by atoms with Gasteiger partial charge in [0.2, 0.25) is 15.9 Å². The molecule has 7 heteroatoms. The van der Waals surface area contributed by atoms with Crippen LogP contribution in [0.5, 0.6) is 0 Å². The zero-order chi connectivity index (χ0) is 21.4. The molecule has 2 amide bonds. The van der Waals surface area contributed by atoms with Crippen LogP contribution in [0.15, 0.2) is 54.6 Å². The molecule has 6 nitrogen and oxygen atoms in total. The quantitative estimate of drug-likeness (QED) is 0.751. The Labute approximate surface area is 172 Å². The molecule has 29 heavy (non-hydrogen) atoms. The lowest BCUT2D eigenvalue weighted by atomic mass is 9.95.